The number of carbonyl (C=O) groups is 2. The van der Waals surface area contributed by atoms with E-state index in [2.05, 4.69) is 41.0 Å². The number of aromatic amines is 2. The predicted molar refractivity (Wildman–Crippen MR) is 143 cm³/mol. The molecule has 2 amide bonds. The van der Waals surface area contributed by atoms with Crippen molar-refractivity contribution in [2.24, 2.45) is 0 Å². The Hall–Kier alpha value is -4.65. The van der Waals surface area contributed by atoms with Crippen LogP contribution in [0.2, 0.25) is 0 Å². The molecule has 208 valence electrons. The summed E-state index contributed by atoms with van der Waals surface area (Å²) in [6.45, 7) is 7.38. The van der Waals surface area contributed by atoms with Gasteiger partial charge in [0.1, 0.15) is 11.9 Å². The molecule has 1 aliphatic rings. The first-order valence-electron chi connectivity index (χ1n) is 12.8. The molecule has 1 atom stereocenters. The van der Waals surface area contributed by atoms with E-state index in [1.807, 2.05) is 38.1 Å². The fourth-order valence-electron chi connectivity index (χ4n) is 4.55. The molecule has 13 heteroatoms. The van der Waals surface area contributed by atoms with Crippen LogP contribution in [0.5, 0.6) is 0 Å². The number of hydrogen-bond acceptors (Lipinski definition) is 8. The zero-order valence-electron chi connectivity index (χ0n) is 22.4. The number of cyclic esters (lactones) is 1. The molecule has 1 unspecified atom stereocenters. The molecule has 2 aromatic carbocycles. The van der Waals surface area contributed by atoms with E-state index in [1.54, 1.807) is 12.1 Å². The van der Waals surface area contributed by atoms with Crippen LogP contribution < -0.4 is 10.2 Å². The first-order valence-corrected chi connectivity index (χ1v) is 12.8. The lowest BCUT2D eigenvalue weighted by Crippen LogP contribution is -2.33. The second-order valence-electron chi connectivity index (χ2n) is 9.77. The van der Waals surface area contributed by atoms with Gasteiger partial charge in [-0.15, -0.1) is 0 Å². The lowest BCUT2D eigenvalue weighted by Gasteiger charge is -2.21. The molecule has 0 aliphatic carbocycles. The van der Waals surface area contributed by atoms with Gasteiger partial charge in [0.15, 0.2) is 0 Å². The number of nitrogens with one attached hydrogen (secondary N) is 3. The number of carbonyl (C=O) groups excluding carboxylic acids is 2. The van der Waals surface area contributed by atoms with E-state index in [-0.39, 0.29) is 19.0 Å². The van der Waals surface area contributed by atoms with Crippen LogP contribution in [0.3, 0.4) is 0 Å². The molecule has 0 saturated carbocycles. The molecule has 40 heavy (non-hydrogen) atoms. The van der Waals surface area contributed by atoms with Crippen LogP contribution in [-0.4, -0.2) is 66.9 Å². The van der Waals surface area contributed by atoms with E-state index >= 15 is 4.39 Å². The highest BCUT2D eigenvalue weighted by molar-refractivity contribution is 5.90. The van der Waals surface area contributed by atoms with E-state index in [0.29, 0.717) is 36.4 Å². The number of amides is 2. The number of anilines is 1. The Bertz CT molecular complexity index is 1460. The van der Waals surface area contributed by atoms with Crippen LogP contribution >= 0.6 is 0 Å². The molecular weight excluding hydrogens is 517 g/mol. The summed E-state index contributed by atoms with van der Waals surface area (Å²) in [4.78, 5) is 27.0. The summed E-state index contributed by atoms with van der Waals surface area (Å²) < 4.78 is 20.5. The third kappa shape index (κ3) is 6.15. The number of benzene rings is 2. The SMILES string of the molecule is CC(=O)NCC1CN(c2ccc(-c3ccc(CN(Cc4n[nH]nc4C)Cc4n[nH]nc4C)cc3)c(F)c2)C(=O)O1. The van der Waals surface area contributed by atoms with Crippen molar-refractivity contribution >= 4 is 17.7 Å². The highest BCUT2D eigenvalue weighted by Crippen LogP contribution is 2.29. The van der Waals surface area contributed by atoms with Crippen molar-refractivity contribution in [2.75, 3.05) is 18.0 Å². The van der Waals surface area contributed by atoms with E-state index in [1.165, 1.54) is 17.9 Å². The minimum atomic E-state index is -0.571. The minimum absolute atomic E-state index is 0.207. The zero-order valence-corrected chi connectivity index (χ0v) is 22.4. The summed E-state index contributed by atoms with van der Waals surface area (Å²) in [6.07, 6.45) is -1.06. The molecule has 3 N–H and O–H groups in total. The number of H-pyrrole nitrogens is 2. The highest BCUT2D eigenvalue weighted by atomic mass is 19.1. The number of hydrogen-bond donors (Lipinski definition) is 3. The van der Waals surface area contributed by atoms with Crippen molar-refractivity contribution in [3.05, 3.63) is 76.6 Å². The second kappa shape index (κ2) is 11.6. The molecule has 1 aliphatic heterocycles. The number of nitrogens with zero attached hydrogens (tertiary/aromatic N) is 6. The molecule has 5 rings (SSSR count). The maximum atomic E-state index is 15.2. The maximum absolute atomic E-state index is 15.2. The lowest BCUT2D eigenvalue weighted by atomic mass is 10.0. The van der Waals surface area contributed by atoms with Gasteiger partial charge in [0.05, 0.1) is 41.6 Å². The van der Waals surface area contributed by atoms with Crippen LogP contribution in [0.25, 0.3) is 11.1 Å². The highest BCUT2D eigenvalue weighted by Gasteiger charge is 2.32. The predicted octanol–water partition coefficient (Wildman–Crippen LogP) is 3.01. The summed E-state index contributed by atoms with van der Waals surface area (Å²) in [5.74, 6) is -0.660. The topological polar surface area (TPSA) is 145 Å². The number of halogens is 1. The number of aromatic nitrogens is 6. The molecule has 3 heterocycles. The van der Waals surface area contributed by atoms with Gasteiger partial charge in [0.2, 0.25) is 5.91 Å². The van der Waals surface area contributed by atoms with Crippen LogP contribution in [0.15, 0.2) is 42.5 Å². The van der Waals surface area contributed by atoms with Crippen LogP contribution in [0.4, 0.5) is 14.9 Å². The van der Waals surface area contributed by atoms with Gasteiger partial charge in [-0.2, -0.15) is 30.8 Å². The molecule has 1 fully saturated rings. The van der Waals surface area contributed by atoms with E-state index in [0.717, 1.165) is 28.3 Å². The quantitative estimate of drug-likeness (QED) is 0.275. The molecule has 1 saturated heterocycles. The monoisotopic (exact) mass is 547 g/mol. The normalized spacial score (nSPS) is 15.1. The van der Waals surface area contributed by atoms with Crippen molar-refractivity contribution in [3.63, 3.8) is 0 Å². The van der Waals surface area contributed by atoms with Gasteiger partial charge in [0, 0.05) is 32.1 Å². The van der Waals surface area contributed by atoms with Gasteiger partial charge in [-0.1, -0.05) is 24.3 Å². The molecule has 0 bridgehead atoms. The van der Waals surface area contributed by atoms with Crippen molar-refractivity contribution in [1.29, 1.82) is 0 Å². The van der Waals surface area contributed by atoms with Crippen molar-refractivity contribution in [1.82, 2.24) is 41.0 Å². The fourth-order valence-corrected chi connectivity index (χ4v) is 4.55. The Balaban J connectivity index is 1.28. The summed E-state index contributed by atoms with van der Waals surface area (Å²) in [5, 5.41) is 24.7. The average molecular weight is 548 g/mol. The van der Waals surface area contributed by atoms with Gasteiger partial charge in [-0.05, 0) is 43.2 Å². The first kappa shape index (κ1) is 26.9. The van der Waals surface area contributed by atoms with Crippen LogP contribution in [0, 0.1) is 19.7 Å². The zero-order chi connectivity index (χ0) is 28.2. The van der Waals surface area contributed by atoms with Crippen molar-refractivity contribution < 1.29 is 18.7 Å². The van der Waals surface area contributed by atoms with Crippen LogP contribution in [-0.2, 0) is 29.2 Å². The third-order valence-corrected chi connectivity index (χ3v) is 6.78. The Kier molecular flexibility index (Phi) is 7.82. The maximum Gasteiger partial charge on any atom is 0.414 e. The molecule has 0 radical (unpaired) electrons. The largest absolute Gasteiger partial charge is 0.442 e. The Morgan fingerprint density at radius 1 is 1.02 bits per heavy atom. The fraction of sp³-hybridized carbons (Fsp3) is 0.333. The Morgan fingerprint density at radius 3 is 2.23 bits per heavy atom. The molecule has 4 aromatic rings. The standard InChI is InChI=1S/C27H30FN9O3/c1-16-25(32-34-30-16)14-36(15-26-17(2)31-35-33-26)12-19-4-6-20(7-5-19)23-9-8-21(10-24(23)28)37-13-22(40-27(37)39)11-29-18(3)38/h4-10,22H,11-15H2,1-3H3,(H,29,38)(H,30,32,34)(H,31,33,35). The van der Waals surface area contributed by atoms with Gasteiger partial charge in [-0.25, -0.2) is 9.18 Å². The Labute approximate surface area is 229 Å². The second-order valence-corrected chi connectivity index (χ2v) is 9.77. The van der Waals surface area contributed by atoms with Crippen molar-refractivity contribution in [3.8, 4) is 11.1 Å². The summed E-state index contributed by atoms with van der Waals surface area (Å²) in [5.41, 5.74) is 5.94. The summed E-state index contributed by atoms with van der Waals surface area (Å²) in [6, 6.07) is 12.4. The number of rotatable bonds is 10. The van der Waals surface area contributed by atoms with Gasteiger partial charge in [0.25, 0.3) is 0 Å². The summed E-state index contributed by atoms with van der Waals surface area (Å²) in [7, 11) is 0. The molecule has 2 aromatic heterocycles. The lowest BCUT2D eigenvalue weighted by molar-refractivity contribution is -0.119. The van der Waals surface area contributed by atoms with E-state index in [4.69, 9.17) is 4.74 Å². The number of ether oxygens (including phenoxy) is 1. The molecular formula is C27H30FN9O3. The average Bonchev–Trinajstić information content (AvgIpc) is 3.63. The van der Waals surface area contributed by atoms with Gasteiger partial charge < -0.3 is 10.1 Å². The van der Waals surface area contributed by atoms with E-state index < -0.39 is 18.0 Å². The van der Waals surface area contributed by atoms with Crippen LogP contribution in [0.1, 0.15) is 35.3 Å². The number of aryl methyl sites for hydroxylation is 2. The van der Waals surface area contributed by atoms with Crippen molar-refractivity contribution in [2.45, 2.75) is 46.5 Å². The van der Waals surface area contributed by atoms with Gasteiger partial charge >= 0.3 is 6.09 Å². The minimum Gasteiger partial charge on any atom is -0.442 e. The van der Waals surface area contributed by atoms with E-state index in [9.17, 15) is 9.59 Å². The molecule has 12 nitrogen and oxygen atoms in total. The Morgan fingerprint density at radius 2 is 1.68 bits per heavy atom. The first-order chi connectivity index (χ1) is 19.3. The summed E-state index contributed by atoms with van der Waals surface area (Å²) >= 11 is 0. The van der Waals surface area contributed by atoms with Gasteiger partial charge in [-0.3, -0.25) is 14.6 Å². The smallest absolute Gasteiger partial charge is 0.414 e. The third-order valence-electron chi connectivity index (χ3n) is 6.78. The molecule has 0 spiro atoms.